The summed E-state index contributed by atoms with van der Waals surface area (Å²) in [6.07, 6.45) is -5.98. The van der Waals surface area contributed by atoms with Crippen molar-refractivity contribution in [3.05, 3.63) is 59.7 Å². The normalized spacial score (nSPS) is 20.9. The van der Waals surface area contributed by atoms with E-state index in [2.05, 4.69) is 10.6 Å². The summed E-state index contributed by atoms with van der Waals surface area (Å²) >= 11 is 0. The number of carboxylic acids is 1. The first-order valence-corrected chi connectivity index (χ1v) is 17.3. The number of hydrogen-bond acceptors (Lipinski definition) is 14. The topological polar surface area (TPSA) is 211 Å². The van der Waals surface area contributed by atoms with Crippen molar-refractivity contribution in [2.75, 3.05) is 32.9 Å². The SMILES string of the molecule is CC(=O)OC[C@H]1O[C@H](OCCNCCCC[C@H](NC(=O)OCC2c3ccccc3-c3ccccc32)C(=O)O)[C@@H](OC(C)=O)[C@@H](OC(C)=O)[C@@H]1OC(C)=O. The smallest absolute Gasteiger partial charge is 0.407 e. The molecule has 0 radical (unpaired) electrons. The van der Waals surface area contributed by atoms with Crippen LogP contribution in [0.3, 0.4) is 0 Å². The summed E-state index contributed by atoms with van der Waals surface area (Å²) in [4.78, 5) is 71.9. The van der Waals surface area contributed by atoms with Crippen LogP contribution in [0.5, 0.6) is 0 Å². The maximum atomic E-state index is 12.7. The fraction of sp³-hybridized carbons (Fsp3) is 0.514. The predicted octanol–water partition coefficient (Wildman–Crippen LogP) is 2.84. The van der Waals surface area contributed by atoms with Gasteiger partial charge in [-0.15, -0.1) is 0 Å². The lowest BCUT2D eigenvalue weighted by Crippen LogP contribution is -2.63. The van der Waals surface area contributed by atoms with E-state index in [0.29, 0.717) is 19.4 Å². The molecule has 6 atom stereocenters. The van der Waals surface area contributed by atoms with Gasteiger partial charge in [-0.3, -0.25) is 19.2 Å². The highest BCUT2D eigenvalue weighted by atomic mass is 16.7. The van der Waals surface area contributed by atoms with Crippen molar-refractivity contribution in [2.24, 2.45) is 0 Å². The molecule has 16 nitrogen and oxygen atoms in total. The number of unbranched alkanes of at least 4 members (excludes halogenated alkanes) is 1. The maximum absolute atomic E-state index is 12.7. The van der Waals surface area contributed by atoms with Crippen molar-refractivity contribution >= 4 is 35.9 Å². The predicted molar refractivity (Wildman–Crippen MR) is 184 cm³/mol. The Balaban J connectivity index is 1.22. The van der Waals surface area contributed by atoms with E-state index < -0.39 is 72.7 Å². The average molecular weight is 743 g/mol. The molecular weight excluding hydrogens is 696 g/mol. The summed E-state index contributed by atoms with van der Waals surface area (Å²) in [7, 11) is 0. The molecular formula is C37H46N2O14. The molecule has 288 valence electrons. The molecule has 1 heterocycles. The number of rotatable bonds is 18. The van der Waals surface area contributed by atoms with Crippen LogP contribution in [0, 0.1) is 0 Å². The van der Waals surface area contributed by atoms with Crippen LogP contribution in [0.2, 0.25) is 0 Å². The number of esters is 4. The molecule has 16 heteroatoms. The van der Waals surface area contributed by atoms with Crippen molar-refractivity contribution in [3.8, 4) is 11.1 Å². The van der Waals surface area contributed by atoms with Gasteiger partial charge in [-0.2, -0.15) is 0 Å². The molecule has 2 aliphatic rings. The number of carbonyl (C=O) groups excluding carboxylic acids is 5. The number of aliphatic carboxylic acids is 1. The van der Waals surface area contributed by atoms with Gasteiger partial charge in [-0.05, 0) is 48.1 Å². The Hall–Kier alpha value is -5.06. The molecule has 53 heavy (non-hydrogen) atoms. The van der Waals surface area contributed by atoms with Crippen LogP contribution < -0.4 is 10.6 Å². The first kappa shape index (κ1) is 40.7. The number of alkyl carbamates (subject to hydrolysis) is 1. The number of benzene rings is 2. The quantitative estimate of drug-likeness (QED) is 0.114. The Bertz CT molecular complexity index is 1570. The second kappa shape index (κ2) is 19.7. The molecule has 1 amide bonds. The van der Waals surface area contributed by atoms with E-state index >= 15 is 0 Å². The minimum atomic E-state index is -1.34. The van der Waals surface area contributed by atoms with E-state index in [0.717, 1.165) is 43.0 Å². The number of ether oxygens (including phenoxy) is 7. The molecule has 0 aromatic heterocycles. The fourth-order valence-electron chi connectivity index (χ4n) is 6.33. The first-order valence-electron chi connectivity index (χ1n) is 17.3. The molecule has 1 aliphatic carbocycles. The van der Waals surface area contributed by atoms with Gasteiger partial charge in [-0.1, -0.05) is 48.5 Å². The minimum Gasteiger partial charge on any atom is -0.480 e. The van der Waals surface area contributed by atoms with Gasteiger partial charge < -0.3 is 48.9 Å². The standard InChI is InChI=1S/C37H46N2O14/c1-21(40)48-20-31-32(50-22(2)41)33(51-23(3)42)34(52-24(4)43)36(53-31)47-18-17-38-16-10-9-15-30(35(44)45)39-37(46)49-19-29-27-13-7-5-11-25(27)26-12-6-8-14-28(26)29/h5-8,11-14,29-34,36,38H,9-10,15-20H2,1-4H3,(H,39,46)(H,44,45)/t30-,31+,32+,33-,34-,36-/m0/s1. The van der Waals surface area contributed by atoms with Gasteiger partial charge in [0.1, 0.15) is 25.4 Å². The van der Waals surface area contributed by atoms with Gasteiger partial charge in [0.15, 0.2) is 24.6 Å². The summed E-state index contributed by atoms with van der Waals surface area (Å²) in [5, 5.41) is 15.3. The zero-order valence-corrected chi connectivity index (χ0v) is 30.1. The van der Waals surface area contributed by atoms with E-state index in [1.54, 1.807) is 0 Å². The third-order valence-corrected chi connectivity index (χ3v) is 8.54. The summed E-state index contributed by atoms with van der Waals surface area (Å²) < 4.78 is 38.4. The summed E-state index contributed by atoms with van der Waals surface area (Å²) in [5.74, 6) is -4.20. The Labute approximate surface area is 306 Å². The van der Waals surface area contributed by atoms with Crippen LogP contribution in [0.4, 0.5) is 4.79 Å². The Morgan fingerprint density at radius 3 is 1.89 bits per heavy atom. The number of carbonyl (C=O) groups is 6. The van der Waals surface area contributed by atoms with E-state index in [-0.39, 0.29) is 38.7 Å². The summed E-state index contributed by atoms with van der Waals surface area (Å²) in [6.45, 7) is 5.04. The van der Waals surface area contributed by atoms with Crippen LogP contribution in [0.15, 0.2) is 48.5 Å². The number of carboxylic acid groups (broad SMARTS) is 1. The molecule has 0 bridgehead atoms. The highest BCUT2D eigenvalue weighted by Crippen LogP contribution is 2.44. The lowest BCUT2D eigenvalue weighted by atomic mass is 9.98. The average Bonchev–Trinajstić information content (AvgIpc) is 3.42. The molecule has 1 saturated heterocycles. The van der Waals surface area contributed by atoms with Crippen LogP contribution in [-0.4, -0.2) is 111 Å². The van der Waals surface area contributed by atoms with Crippen molar-refractivity contribution in [1.82, 2.24) is 10.6 Å². The zero-order valence-electron chi connectivity index (χ0n) is 30.1. The van der Waals surface area contributed by atoms with Crippen LogP contribution in [0.1, 0.15) is 64.0 Å². The molecule has 2 aromatic rings. The molecule has 0 unspecified atom stereocenters. The number of nitrogens with one attached hydrogen (secondary N) is 2. The van der Waals surface area contributed by atoms with E-state index in [1.807, 2.05) is 48.5 Å². The maximum Gasteiger partial charge on any atom is 0.407 e. The lowest BCUT2D eigenvalue weighted by Gasteiger charge is -2.44. The monoisotopic (exact) mass is 742 g/mol. The molecule has 0 spiro atoms. The van der Waals surface area contributed by atoms with Gasteiger partial charge in [-0.25, -0.2) is 9.59 Å². The first-order chi connectivity index (χ1) is 25.3. The van der Waals surface area contributed by atoms with Crippen LogP contribution >= 0.6 is 0 Å². The van der Waals surface area contributed by atoms with Crippen molar-refractivity contribution in [1.29, 1.82) is 0 Å². The third-order valence-electron chi connectivity index (χ3n) is 8.54. The van der Waals surface area contributed by atoms with E-state index in [1.165, 1.54) is 6.92 Å². The van der Waals surface area contributed by atoms with Crippen molar-refractivity contribution < 1.29 is 67.0 Å². The molecule has 0 saturated carbocycles. The fourth-order valence-corrected chi connectivity index (χ4v) is 6.33. The highest BCUT2D eigenvalue weighted by molar-refractivity contribution is 5.81. The van der Waals surface area contributed by atoms with Gasteiger partial charge in [0, 0.05) is 40.2 Å². The minimum absolute atomic E-state index is 0.0226. The molecule has 3 N–H and O–H groups in total. The van der Waals surface area contributed by atoms with E-state index in [9.17, 15) is 33.9 Å². The molecule has 1 aliphatic heterocycles. The third kappa shape index (κ3) is 11.7. The molecule has 4 rings (SSSR count). The lowest BCUT2D eigenvalue weighted by molar-refractivity contribution is -0.307. The van der Waals surface area contributed by atoms with Crippen molar-refractivity contribution in [3.63, 3.8) is 0 Å². The zero-order chi connectivity index (χ0) is 38.5. The van der Waals surface area contributed by atoms with Crippen LogP contribution in [0.25, 0.3) is 11.1 Å². The van der Waals surface area contributed by atoms with Gasteiger partial charge in [0.2, 0.25) is 0 Å². The largest absolute Gasteiger partial charge is 0.480 e. The van der Waals surface area contributed by atoms with Gasteiger partial charge >= 0.3 is 35.9 Å². The highest BCUT2D eigenvalue weighted by Gasteiger charge is 2.52. The molecule has 2 aromatic carbocycles. The van der Waals surface area contributed by atoms with Gasteiger partial charge in [0.05, 0.1) is 6.61 Å². The molecule has 1 fully saturated rings. The Kier molecular flexibility index (Phi) is 15.1. The second-order valence-electron chi connectivity index (χ2n) is 12.5. The van der Waals surface area contributed by atoms with E-state index in [4.69, 9.17) is 33.2 Å². The Morgan fingerprint density at radius 1 is 0.717 bits per heavy atom. The number of amides is 1. The van der Waals surface area contributed by atoms with Gasteiger partial charge in [0.25, 0.3) is 0 Å². The second-order valence-corrected chi connectivity index (χ2v) is 12.5. The number of fused-ring (bicyclic) bond motifs is 3. The number of hydrogen-bond donors (Lipinski definition) is 3. The van der Waals surface area contributed by atoms with Crippen LogP contribution in [-0.2, 0) is 57.1 Å². The summed E-state index contributed by atoms with van der Waals surface area (Å²) in [6, 6.07) is 14.7. The van der Waals surface area contributed by atoms with Crippen molar-refractivity contribution in [2.45, 2.75) is 89.6 Å². The Morgan fingerprint density at radius 2 is 1.30 bits per heavy atom. The summed E-state index contributed by atoms with van der Waals surface area (Å²) in [5.41, 5.74) is 4.27.